The number of carboxylic acid groups (broad SMARTS) is 1. The zero-order chi connectivity index (χ0) is 13.0. The van der Waals surface area contributed by atoms with Crippen LogP contribution in [0.1, 0.15) is 27.2 Å². The molecule has 5 nitrogen and oxygen atoms in total. The van der Waals surface area contributed by atoms with Gasteiger partial charge in [-0.15, -0.1) is 0 Å². The van der Waals surface area contributed by atoms with E-state index < -0.39 is 5.97 Å². The van der Waals surface area contributed by atoms with Crippen LogP contribution in [0.15, 0.2) is 0 Å². The maximum Gasteiger partial charge on any atom is 0.323 e. The zero-order valence-corrected chi connectivity index (χ0v) is 10.8. The van der Waals surface area contributed by atoms with Crippen LogP contribution in [0.3, 0.4) is 0 Å². The van der Waals surface area contributed by atoms with Crippen molar-refractivity contribution in [2.45, 2.75) is 27.2 Å². The lowest BCUT2D eigenvalue weighted by atomic mass is 10.2. The number of carbonyl (C=O) groups excluding carboxylic acids is 1. The van der Waals surface area contributed by atoms with E-state index in [0.29, 0.717) is 24.9 Å². The van der Waals surface area contributed by atoms with Crippen molar-refractivity contribution in [3.63, 3.8) is 0 Å². The lowest BCUT2D eigenvalue weighted by molar-refractivity contribution is -0.137. The number of rotatable bonds is 6. The van der Waals surface area contributed by atoms with Crippen LogP contribution in [-0.4, -0.2) is 41.6 Å². The highest BCUT2D eigenvalue weighted by Gasteiger charge is 2.32. The standard InChI is InChI=1S/C12H22N2O3/c1-8(2)6-14(7-11(15)16)12(17)13-5-10-4-9(10)3/h8-10H,4-7H2,1-3H3,(H,13,17)(H,15,16). The van der Waals surface area contributed by atoms with E-state index in [2.05, 4.69) is 12.2 Å². The molecule has 98 valence electrons. The number of amides is 2. The van der Waals surface area contributed by atoms with Crippen LogP contribution in [0.2, 0.25) is 0 Å². The van der Waals surface area contributed by atoms with Crippen LogP contribution < -0.4 is 5.32 Å². The Morgan fingerprint density at radius 2 is 2.06 bits per heavy atom. The van der Waals surface area contributed by atoms with Gasteiger partial charge in [0.2, 0.25) is 0 Å². The first-order valence-electron chi connectivity index (χ1n) is 6.14. The highest BCUT2D eigenvalue weighted by Crippen LogP contribution is 2.36. The third kappa shape index (κ3) is 5.06. The Bertz CT molecular complexity index is 291. The molecule has 0 aliphatic heterocycles. The fourth-order valence-corrected chi connectivity index (χ4v) is 1.84. The molecular weight excluding hydrogens is 220 g/mol. The van der Waals surface area contributed by atoms with Gasteiger partial charge in [0.1, 0.15) is 6.54 Å². The molecule has 1 saturated carbocycles. The van der Waals surface area contributed by atoms with Crippen LogP contribution in [0.5, 0.6) is 0 Å². The number of carbonyl (C=O) groups is 2. The average Bonchev–Trinajstić information content (AvgIpc) is 2.88. The van der Waals surface area contributed by atoms with Gasteiger partial charge < -0.3 is 15.3 Å². The van der Waals surface area contributed by atoms with Crippen LogP contribution in [0, 0.1) is 17.8 Å². The molecule has 2 N–H and O–H groups in total. The molecule has 5 heteroatoms. The summed E-state index contributed by atoms with van der Waals surface area (Å²) in [5.41, 5.74) is 0. The van der Waals surface area contributed by atoms with Crippen molar-refractivity contribution in [3.05, 3.63) is 0 Å². The molecule has 0 aromatic rings. The minimum absolute atomic E-state index is 0.232. The molecule has 1 fully saturated rings. The van der Waals surface area contributed by atoms with Crippen molar-refractivity contribution >= 4 is 12.0 Å². The van der Waals surface area contributed by atoms with Crippen molar-refractivity contribution < 1.29 is 14.7 Å². The van der Waals surface area contributed by atoms with E-state index in [-0.39, 0.29) is 18.5 Å². The maximum atomic E-state index is 11.8. The molecule has 0 aromatic heterocycles. The molecule has 0 aromatic carbocycles. The fraction of sp³-hybridized carbons (Fsp3) is 0.833. The van der Waals surface area contributed by atoms with E-state index in [9.17, 15) is 9.59 Å². The molecule has 17 heavy (non-hydrogen) atoms. The van der Waals surface area contributed by atoms with E-state index in [1.165, 1.54) is 4.90 Å². The van der Waals surface area contributed by atoms with E-state index in [0.717, 1.165) is 6.42 Å². The van der Waals surface area contributed by atoms with Gasteiger partial charge in [0.05, 0.1) is 0 Å². The van der Waals surface area contributed by atoms with Gasteiger partial charge in [-0.2, -0.15) is 0 Å². The molecule has 2 unspecified atom stereocenters. The summed E-state index contributed by atoms with van der Waals surface area (Å²) in [6, 6.07) is -0.264. The first-order valence-corrected chi connectivity index (χ1v) is 6.14. The maximum absolute atomic E-state index is 11.8. The molecule has 1 aliphatic rings. The summed E-state index contributed by atoms with van der Waals surface area (Å²) in [6.07, 6.45) is 1.16. The number of nitrogens with one attached hydrogen (secondary N) is 1. The van der Waals surface area contributed by atoms with Gasteiger partial charge in [-0.25, -0.2) is 4.79 Å². The summed E-state index contributed by atoms with van der Waals surface area (Å²) in [6.45, 7) is 6.98. The number of aliphatic carboxylic acids is 1. The van der Waals surface area contributed by atoms with Crippen molar-refractivity contribution in [1.82, 2.24) is 10.2 Å². The third-order valence-electron chi connectivity index (χ3n) is 2.99. The van der Waals surface area contributed by atoms with Crippen LogP contribution in [-0.2, 0) is 4.79 Å². The molecule has 0 heterocycles. The molecule has 0 radical (unpaired) electrons. The minimum atomic E-state index is -0.972. The van der Waals surface area contributed by atoms with Crippen LogP contribution >= 0.6 is 0 Å². The second-order valence-corrected chi connectivity index (χ2v) is 5.33. The molecule has 0 bridgehead atoms. The summed E-state index contributed by atoms with van der Waals surface area (Å²) in [5, 5.41) is 11.6. The first-order chi connectivity index (χ1) is 7.90. The predicted molar refractivity (Wildman–Crippen MR) is 64.7 cm³/mol. The second-order valence-electron chi connectivity index (χ2n) is 5.33. The number of carboxylic acids is 1. The predicted octanol–water partition coefficient (Wildman–Crippen LogP) is 1.39. The number of hydrogen-bond acceptors (Lipinski definition) is 2. The molecule has 1 aliphatic carbocycles. The number of urea groups is 1. The van der Waals surface area contributed by atoms with Crippen molar-refractivity contribution in [2.24, 2.45) is 17.8 Å². The topological polar surface area (TPSA) is 69.6 Å². The van der Waals surface area contributed by atoms with Gasteiger partial charge in [0.25, 0.3) is 0 Å². The van der Waals surface area contributed by atoms with E-state index in [1.54, 1.807) is 0 Å². The second kappa shape index (κ2) is 5.89. The van der Waals surface area contributed by atoms with Crippen molar-refractivity contribution in [3.8, 4) is 0 Å². The summed E-state index contributed by atoms with van der Waals surface area (Å²) >= 11 is 0. The Morgan fingerprint density at radius 3 is 2.47 bits per heavy atom. The summed E-state index contributed by atoms with van der Waals surface area (Å²) in [7, 11) is 0. The number of nitrogens with zero attached hydrogens (tertiary/aromatic N) is 1. The molecule has 1 rings (SSSR count). The normalized spacial score (nSPS) is 22.4. The number of hydrogen-bond donors (Lipinski definition) is 2. The fourth-order valence-electron chi connectivity index (χ4n) is 1.84. The third-order valence-corrected chi connectivity index (χ3v) is 2.99. The minimum Gasteiger partial charge on any atom is -0.480 e. The highest BCUT2D eigenvalue weighted by molar-refractivity contribution is 5.80. The van der Waals surface area contributed by atoms with Crippen LogP contribution in [0.4, 0.5) is 4.79 Å². The summed E-state index contributed by atoms with van der Waals surface area (Å²) < 4.78 is 0. The Morgan fingerprint density at radius 1 is 1.47 bits per heavy atom. The Hall–Kier alpha value is -1.26. The molecule has 0 spiro atoms. The zero-order valence-electron chi connectivity index (χ0n) is 10.8. The highest BCUT2D eigenvalue weighted by atomic mass is 16.4. The average molecular weight is 242 g/mol. The lowest BCUT2D eigenvalue weighted by Crippen LogP contribution is -2.45. The summed E-state index contributed by atoms with van der Waals surface area (Å²) in [4.78, 5) is 23.8. The molecule has 2 atom stereocenters. The Labute approximate surface area is 102 Å². The smallest absolute Gasteiger partial charge is 0.323 e. The summed E-state index contributed by atoms with van der Waals surface area (Å²) in [5.74, 6) is 0.554. The first kappa shape index (κ1) is 13.8. The lowest BCUT2D eigenvalue weighted by Gasteiger charge is -2.23. The van der Waals surface area contributed by atoms with Crippen molar-refractivity contribution in [2.75, 3.05) is 19.6 Å². The largest absolute Gasteiger partial charge is 0.480 e. The SMILES string of the molecule is CC(C)CN(CC(=O)O)C(=O)NCC1CC1C. The van der Waals surface area contributed by atoms with Gasteiger partial charge >= 0.3 is 12.0 Å². The monoisotopic (exact) mass is 242 g/mol. The van der Waals surface area contributed by atoms with Gasteiger partial charge in [-0.05, 0) is 24.2 Å². The Balaban J connectivity index is 2.37. The Kier molecular flexibility index (Phi) is 4.78. The van der Waals surface area contributed by atoms with E-state index >= 15 is 0 Å². The van der Waals surface area contributed by atoms with Gasteiger partial charge in [0, 0.05) is 13.1 Å². The quantitative estimate of drug-likeness (QED) is 0.739. The molecular formula is C12H22N2O3. The molecule has 2 amide bonds. The van der Waals surface area contributed by atoms with Crippen molar-refractivity contribution in [1.29, 1.82) is 0 Å². The van der Waals surface area contributed by atoms with E-state index in [1.807, 2.05) is 13.8 Å². The van der Waals surface area contributed by atoms with Gasteiger partial charge in [0.15, 0.2) is 0 Å². The van der Waals surface area contributed by atoms with E-state index in [4.69, 9.17) is 5.11 Å². The van der Waals surface area contributed by atoms with Crippen LogP contribution in [0.25, 0.3) is 0 Å². The van der Waals surface area contributed by atoms with Gasteiger partial charge in [-0.1, -0.05) is 20.8 Å². The molecule has 0 saturated heterocycles. The van der Waals surface area contributed by atoms with Gasteiger partial charge in [-0.3, -0.25) is 4.79 Å².